The Hall–Kier alpha value is -1.09. The predicted molar refractivity (Wildman–Crippen MR) is 88.4 cm³/mol. The van der Waals surface area contributed by atoms with E-state index in [2.05, 4.69) is 26.8 Å². The Morgan fingerprint density at radius 2 is 2.00 bits per heavy atom. The van der Waals surface area contributed by atoms with Crippen LogP contribution in [-0.4, -0.2) is 16.9 Å². The van der Waals surface area contributed by atoms with Crippen LogP contribution < -0.4 is 0 Å². The van der Waals surface area contributed by atoms with Gasteiger partial charge in [-0.15, -0.1) is 0 Å². The molecule has 0 bridgehead atoms. The molecule has 1 N–H and O–H groups in total. The van der Waals surface area contributed by atoms with E-state index >= 15 is 0 Å². The molecular weight excluding hydrogens is 288 g/mol. The first-order chi connectivity index (χ1) is 10.7. The van der Waals surface area contributed by atoms with Crippen molar-refractivity contribution in [3.8, 4) is 0 Å². The number of ether oxygens (including phenoxy) is 1. The summed E-state index contributed by atoms with van der Waals surface area (Å²) in [7, 11) is 0. The Bertz CT molecular complexity index is 641. The van der Waals surface area contributed by atoms with Crippen LogP contribution in [0.1, 0.15) is 66.2 Å². The van der Waals surface area contributed by atoms with E-state index in [1.54, 1.807) is 6.92 Å². The van der Waals surface area contributed by atoms with E-state index in [-0.39, 0.29) is 11.4 Å². The van der Waals surface area contributed by atoms with Gasteiger partial charge in [-0.05, 0) is 55.3 Å². The number of carbonyl (C=O) groups is 1. The van der Waals surface area contributed by atoms with Gasteiger partial charge in [0.2, 0.25) is 5.79 Å². The molecule has 0 saturated heterocycles. The zero-order valence-corrected chi connectivity index (χ0v) is 14.7. The zero-order valence-electron chi connectivity index (χ0n) is 14.7. The Balaban J connectivity index is 1.78. The second-order valence-corrected chi connectivity index (χ2v) is 9.13. The average Bonchev–Trinajstić information content (AvgIpc) is 2.67. The molecule has 0 amide bonds. The maximum absolute atomic E-state index is 11.9. The number of allylic oxidation sites excluding steroid dienone is 1. The van der Waals surface area contributed by atoms with Crippen LogP contribution >= 0.6 is 0 Å². The molecule has 0 aromatic rings. The van der Waals surface area contributed by atoms with Crippen LogP contribution in [-0.2, 0) is 9.53 Å². The standard InChI is InChI=1S/C20H28O3/c1-12-14-10-13-6-7-16-18(2,3)8-5-9-19(16,4)15(13)11-20(14,22)23-17(12)21/h10,15-16,22H,5-9,11H2,1-4H3/t15-,16?,19+,20+/m1/s1. The first-order valence-electron chi connectivity index (χ1n) is 9.05. The Labute approximate surface area is 138 Å². The first kappa shape index (κ1) is 15.4. The topological polar surface area (TPSA) is 46.5 Å². The Morgan fingerprint density at radius 1 is 1.26 bits per heavy atom. The molecule has 3 aliphatic carbocycles. The third-order valence-corrected chi connectivity index (χ3v) is 7.44. The SMILES string of the molecule is CC1=C2C=C3CCC4C(C)(C)CCC[C@@]4(C)[C@@H]3C[C@]2(O)OC1=O. The van der Waals surface area contributed by atoms with Crippen LogP contribution in [0.4, 0.5) is 0 Å². The monoisotopic (exact) mass is 316 g/mol. The molecule has 3 heteroatoms. The van der Waals surface area contributed by atoms with Crippen molar-refractivity contribution in [3.05, 3.63) is 22.8 Å². The largest absolute Gasteiger partial charge is 0.425 e. The summed E-state index contributed by atoms with van der Waals surface area (Å²) < 4.78 is 5.39. The highest BCUT2D eigenvalue weighted by molar-refractivity contribution is 5.93. The highest BCUT2D eigenvalue weighted by atomic mass is 16.7. The van der Waals surface area contributed by atoms with E-state index < -0.39 is 5.79 Å². The van der Waals surface area contributed by atoms with Crippen molar-refractivity contribution in [2.45, 2.75) is 72.0 Å². The third-order valence-electron chi connectivity index (χ3n) is 7.44. The van der Waals surface area contributed by atoms with Gasteiger partial charge in [-0.3, -0.25) is 0 Å². The van der Waals surface area contributed by atoms with Crippen molar-refractivity contribution in [2.75, 3.05) is 0 Å². The molecule has 2 saturated carbocycles. The average molecular weight is 316 g/mol. The molecule has 0 aromatic heterocycles. The highest BCUT2D eigenvalue weighted by Gasteiger charge is 2.58. The van der Waals surface area contributed by atoms with Gasteiger partial charge < -0.3 is 9.84 Å². The lowest BCUT2D eigenvalue weighted by molar-refractivity contribution is -0.194. The molecular formula is C20H28O3. The fraction of sp³-hybridized carbons (Fsp3) is 0.750. The first-order valence-corrected chi connectivity index (χ1v) is 9.05. The van der Waals surface area contributed by atoms with Gasteiger partial charge in [-0.25, -0.2) is 4.79 Å². The van der Waals surface area contributed by atoms with Crippen LogP contribution in [0.15, 0.2) is 22.8 Å². The predicted octanol–water partition coefficient (Wildman–Crippen LogP) is 4.12. The molecule has 2 fully saturated rings. The minimum atomic E-state index is -1.39. The lowest BCUT2D eigenvalue weighted by Gasteiger charge is -2.59. The van der Waals surface area contributed by atoms with Crippen molar-refractivity contribution in [1.29, 1.82) is 0 Å². The van der Waals surface area contributed by atoms with E-state index in [1.165, 1.54) is 31.3 Å². The normalized spacial score (nSPS) is 44.9. The lowest BCUT2D eigenvalue weighted by Crippen LogP contribution is -2.53. The summed E-state index contributed by atoms with van der Waals surface area (Å²) in [5.74, 6) is -0.739. The number of hydrogen-bond acceptors (Lipinski definition) is 3. The molecule has 126 valence electrons. The van der Waals surface area contributed by atoms with E-state index in [4.69, 9.17) is 4.74 Å². The maximum Gasteiger partial charge on any atom is 0.337 e. The van der Waals surface area contributed by atoms with E-state index in [1.807, 2.05) is 0 Å². The molecule has 0 aromatic carbocycles. The molecule has 23 heavy (non-hydrogen) atoms. The summed E-state index contributed by atoms with van der Waals surface area (Å²) >= 11 is 0. The Kier molecular flexibility index (Phi) is 3.02. The van der Waals surface area contributed by atoms with Crippen LogP contribution in [0.5, 0.6) is 0 Å². The van der Waals surface area contributed by atoms with Crippen molar-refractivity contribution < 1.29 is 14.6 Å². The van der Waals surface area contributed by atoms with Gasteiger partial charge in [0.05, 0.1) is 0 Å². The molecule has 1 unspecified atom stereocenters. The van der Waals surface area contributed by atoms with Crippen LogP contribution in [0.3, 0.4) is 0 Å². The van der Waals surface area contributed by atoms with E-state index in [0.29, 0.717) is 34.8 Å². The second kappa shape index (κ2) is 4.50. The van der Waals surface area contributed by atoms with Gasteiger partial charge in [0.1, 0.15) is 0 Å². The van der Waals surface area contributed by atoms with Gasteiger partial charge in [0, 0.05) is 17.6 Å². The quantitative estimate of drug-likeness (QED) is 0.684. The molecule has 3 nitrogen and oxygen atoms in total. The molecule has 1 heterocycles. The number of esters is 1. The highest BCUT2D eigenvalue weighted by Crippen LogP contribution is 2.64. The molecule has 4 atom stereocenters. The summed E-state index contributed by atoms with van der Waals surface area (Å²) in [6.07, 6.45) is 8.72. The van der Waals surface area contributed by atoms with Crippen molar-refractivity contribution >= 4 is 5.97 Å². The Morgan fingerprint density at radius 3 is 2.74 bits per heavy atom. The second-order valence-electron chi connectivity index (χ2n) is 9.13. The van der Waals surface area contributed by atoms with Crippen LogP contribution in [0, 0.1) is 22.7 Å². The summed E-state index contributed by atoms with van der Waals surface area (Å²) in [6, 6.07) is 0. The zero-order chi connectivity index (χ0) is 16.6. The number of aliphatic hydroxyl groups is 1. The summed E-state index contributed by atoms with van der Waals surface area (Å²) in [6.45, 7) is 9.00. The van der Waals surface area contributed by atoms with Gasteiger partial charge in [0.25, 0.3) is 0 Å². The number of rotatable bonds is 0. The summed E-state index contributed by atoms with van der Waals surface area (Å²) in [5, 5.41) is 11.0. The number of fused-ring (bicyclic) bond motifs is 4. The van der Waals surface area contributed by atoms with E-state index in [0.717, 1.165) is 6.42 Å². The third kappa shape index (κ3) is 1.95. The summed E-state index contributed by atoms with van der Waals surface area (Å²) in [4.78, 5) is 11.9. The van der Waals surface area contributed by atoms with E-state index in [9.17, 15) is 9.90 Å². The molecule has 4 aliphatic rings. The molecule has 4 rings (SSSR count). The number of carbonyl (C=O) groups excluding carboxylic acids is 1. The van der Waals surface area contributed by atoms with Gasteiger partial charge in [0.15, 0.2) is 0 Å². The van der Waals surface area contributed by atoms with Gasteiger partial charge in [-0.1, -0.05) is 38.8 Å². The molecule has 0 radical (unpaired) electrons. The van der Waals surface area contributed by atoms with Crippen molar-refractivity contribution in [2.24, 2.45) is 22.7 Å². The van der Waals surface area contributed by atoms with Gasteiger partial charge >= 0.3 is 5.97 Å². The van der Waals surface area contributed by atoms with Crippen LogP contribution in [0.25, 0.3) is 0 Å². The minimum Gasteiger partial charge on any atom is -0.425 e. The van der Waals surface area contributed by atoms with Crippen LogP contribution in [0.2, 0.25) is 0 Å². The minimum absolute atomic E-state index is 0.204. The molecule has 0 spiro atoms. The number of hydrogen-bond donors (Lipinski definition) is 1. The lowest BCUT2D eigenvalue weighted by atomic mass is 9.46. The fourth-order valence-electron chi connectivity index (χ4n) is 6.27. The van der Waals surface area contributed by atoms with Crippen molar-refractivity contribution in [1.82, 2.24) is 0 Å². The maximum atomic E-state index is 11.9. The van der Waals surface area contributed by atoms with Crippen molar-refractivity contribution in [3.63, 3.8) is 0 Å². The fourth-order valence-corrected chi connectivity index (χ4v) is 6.27. The van der Waals surface area contributed by atoms with Gasteiger partial charge in [-0.2, -0.15) is 0 Å². The smallest absolute Gasteiger partial charge is 0.337 e. The molecule has 1 aliphatic heterocycles. The summed E-state index contributed by atoms with van der Waals surface area (Å²) in [5.41, 5.74) is 3.29.